The fourth-order valence-corrected chi connectivity index (χ4v) is 1.73. The maximum Gasteiger partial charge on any atom is 0.306 e. The van der Waals surface area contributed by atoms with E-state index in [0.717, 1.165) is 12.8 Å². The van der Waals surface area contributed by atoms with Crippen molar-refractivity contribution in [3.05, 3.63) is 39.9 Å². The normalized spacial score (nSPS) is 10.1. The second kappa shape index (κ2) is 10.3. The highest BCUT2D eigenvalue weighted by molar-refractivity contribution is 5.72. The van der Waals surface area contributed by atoms with E-state index in [1.807, 2.05) is 6.92 Å². The summed E-state index contributed by atoms with van der Waals surface area (Å²) >= 11 is 0. The maximum atomic E-state index is 11.6. The van der Waals surface area contributed by atoms with Crippen LogP contribution in [-0.4, -0.2) is 23.5 Å². The van der Waals surface area contributed by atoms with Crippen molar-refractivity contribution in [1.82, 2.24) is 0 Å². The van der Waals surface area contributed by atoms with Gasteiger partial charge in [-0.2, -0.15) is 0 Å². The zero-order chi connectivity index (χ0) is 17.1. The molecular weight excluding hydrogens is 302 g/mol. The first kappa shape index (κ1) is 18.6. The van der Waals surface area contributed by atoms with Crippen molar-refractivity contribution in [2.24, 2.45) is 0 Å². The average molecular weight is 323 g/mol. The molecule has 0 bridgehead atoms. The third kappa shape index (κ3) is 7.94. The first-order valence-electron chi connectivity index (χ1n) is 7.57. The van der Waals surface area contributed by atoms with Crippen molar-refractivity contribution in [3.63, 3.8) is 0 Å². The second-order valence-corrected chi connectivity index (χ2v) is 5.01. The van der Waals surface area contributed by atoms with E-state index in [1.165, 1.54) is 24.3 Å². The molecule has 0 radical (unpaired) electrons. The Kier molecular flexibility index (Phi) is 8.34. The molecule has 0 aliphatic heterocycles. The molecule has 1 aromatic rings. The molecule has 126 valence electrons. The summed E-state index contributed by atoms with van der Waals surface area (Å²) in [5.41, 5.74) is 0.657. The van der Waals surface area contributed by atoms with Crippen LogP contribution in [-0.2, 0) is 25.7 Å². The molecule has 23 heavy (non-hydrogen) atoms. The van der Waals surface area contributed by atoms with Crippen molar-refractivity contribution in [3.8, 4) is 0 Å². The highest BCUT2D eigenvalue weighted by Gasteiger charge is 2.08. The van der Waals surface area contributed by atoms with E-state index in [4.69, 9.17) is 9.47 Å². The molecule has 0 aliphatic carbocycles. The van der Waals surface area contributed by atoms with Gasteiger partial charge in [-0.25, -0.2) is 0 Å². The summed E-state index contributed by atoms with van der Waals surface area (Å²) in [6.07, 6.45) is 2.50. The summed E-state index contributed by atoms with van der Waals surface area (Å²) in [6, 6.07) is 5.79. The Bertz CT molecular complexity index is 526. The Morgan fingerprint density at radius 1 is 1.04 bits per heavy atom. The molecule has 0 saturated carbocycles. The minimum atomic E-state index is -0.491. The number of carbonyl (C=O) groups excluding carboxylic acids is 2. The lowest BCUT2D eigenvalue weighted by atomic mass is 10.2. The lowest BCUT2D eigenvalue weighted by Gasteiger charge is -2.05. The summed E-state index contributed by atoms with van der Waals surface area (Å²) in [4.78, 5) is 32.9. The Morgan fingerprint density at radius 3 is 2.22 bits per heavy atom. The number of nitro benzene ring substituents is 1. The predicted octanol–water partition coefficient (Wildman–Crippen LogP) is 3.15. The lowest BCUT2D eigenvalue weighted by molar-refractivity contribution is -0.384. The number of ether oxygens (including phenoxy) is 2. The van der Waals surface area contributed by atoms with Crippen molar-refractivity contribution < 1.29 is 24.0 Å². The molecule has 0 atom stereocenters. The highest BCUT2D eigenvalue weighted by Crippen LogP contribution is 2.13. The monoisotopic (exact) mass is 323 g/mol. The number of unbranched alkanes of at least 4 members (excludes halogenated alkanes) is 1. The third-order valence-corrected chi connectivity index (χ3v) is 3.07. The number of benzene rings is 1. The van der Waals surface area contributed by atoms with Crippen LogP contribution >= 0.6 is 0 Å². The minimum Gasteiger partial charge on any atom is -0.466 e. The Hall–Kier alpha value is -2.44. The van der Waals surface area contributed by atoms with Crippen LogP contribution in [0.2, 0.25) is 0 Å². The number of nitrogens with zero attached hydrogens (tertiary/aromatic N) is 1. The van der Waals surface area contributed by atoms with E-state index in [1.54, 1.807) is 0 Å². The van der Waals surface area contributed by atoms with Gasteiger partial charge in [0.05, 0.1) is 11.5 Å². The summed E-state index contributed by atoms with van der Waals surface area (Å²) < 4.78 is 10.0. The molecule has 0 N–H and O–H groups in total. The molecule has 0 aromatic heterocycles. The van der Waals surface area contributed by atoms with E-state index in [0.29, 0.717) is 18.6 Å². The number of carbonyl (C=O) groups is 2. The van der Waals surface area contributed by atoms with Gasteiger partial charge in [0.25, 0.3) is 5.69 Å². The van der Waals surface area contributed by atoms with Gasteiger partial charge >= 0.3 is 11.9 Å². The lowest BCUT2D eigenvalue weighted by Crippen LogP contribution is -2.08. The van der Waals surface area contributed by atoms with Gasteiger partial charge in [-0.05, 0) is 30.5 Å². The Labute approximate surface area is 134 Å². The topological polar surface area (TPSA) is 95.7 Å². The summed E-state index contributed by atoms with van der Waals surface area (Å²) in [5.74, 6) is -0.716. The van der Waals surface area contributed by atoms with E-state index >= 15 is 0 Å². The molecule has 7 nitrogen and oxygen atoms in total. The van der Waals surface area contributed by atoms with E-state index in [9.17, 15) is 19.7 Å². The largest absolute Gasteiger partial charge is 0.466 e. The molecule has 0 aliphatic rings. The van der Waals surface area contributed by atoms with Crippen molar-refractivity contribution in [1.29, 1.82) is 0 Å². The van der Waals surface area contributed by atoms with E-state index in [-0.39, 0.29) is 31.1 Å². The van der Waals surface area contributed by atoms with Crippen LogP contribution < -0.4 is 0 Å². The average Bonchev–Trinajstić information content (AvgIpc) is 2.53. The van der Waals surface area contributed by atoms with E-state index < -0.39 is 10.9 Å². The van der Waals surface area contributed by atoms with Crippen LogP contribution in [0, 0.1) is 10.1 Å². The Morgan fingerprint density at radius 2 is 1.65 bits per heavy atom. The molecule has 0 heterocycles. The van der Waals surface area contributed by atoms with Gasteiger partial charge in [-0.1, -0.05) is 13.3 Å². The van der Waals surface area contributed by atoms with Crippen molar-refractivity contribution in [2.75, 3.05) is 6.61 Å². The smallest absolute Gasteiger partial charge is 0.306 e. The minimum absolute atomic E-state index is 0.0124. The van der Waals surface area contributed by atoms with Gasteiger partial charge in [-0.15, -0.1) is 0 Å². The van der Waals surface area contributed by atoms with Gasteiger partial charge in [-0.3, -0.25) is 19.7 Å². The number of esters is 2. The molecule has 1 aromatic carbocycles. The number of hydrogen-bond donors (Lipinski definition) is 0. The molecule has 0 spiro atoms. The fourth-order valence-electron chi connectivity index (χ4n) is 1.73. The molecule has 0 unspecified atom stereocenters. The first-order valence-corrected chi connectivity index (χ1v) is 7.57. The van der Waals surface area contributed by atoms with Gasteiger partial charge in [0.2, 0.25) is 0 Å². The third-order valence-electron chi connectivity index (χ3n) is 3.07. The predicted molar refractivity (Wildman–Crippen MR) is 82.6 cm³/mol. The number of rotatable bonds is 10. The van der Waals surface area contributed by atoms with Crippen LogP contribution in [0.1, 0.15) is 44.6 Å². The van der Waals surface area contributed by atoms with Crippen LogP contribution in [0.15, 0.2) is 24.3 Å². The molecule has 0 amide bonds. The van der Waals surface area contributed by atoms with Crippen LogP contribution in [0.5, 0.6) is 0 Å². The summed E-state index contributed by atoms with van der Waals surface area (Å²) in [5, 5.41) is 10.5. The van der Waals surface area contributed by atoms with Gasteiger partial charge < -0.3 is 9.47 Å². The molecule has 1 rings (SSSR count). The first-order chi connectivity index (χ1) is 11.0. The molecule has 0 saturated heterocycles. The van der Waals surface area contributed by atoms with Gasteiger partial charge in [0, 0.05) is 25.0 Å². The Balaban J connectivity index is 2.19. The quantitative estimate of drug-likeness (QED) is 0.284. The van der Waals surface area contributed by atoms with Gasteiger partial charge in [0.15, 0.2) is 0 Å². The van der Waals surface area contributed by atoms with Crippen molar-refractivity contribution in [2.45, 2.75) is 45.6 Å². The molecule has 7 heteroatoms. The second-order valence-electron chi connectivity index (χ2n) is 5.01. The summed E-state index contributed by atoms with van der Waals surface area (Å²) in [7, 11) is 0. The number of hydrogen-bond acceptors (Lipinski definition) is 6. The molecule has 0 fully saturated rings. The maximum absolute atomic E-state index is 11.6. The van der Waals surface area contributed by atoms with Crippen LogP contribution in [0.3, 0.4) is 0 Å². The zero-order valence-electron chi connectivity index (χ0n) is 13.2. The van der Waals surface area contributed by atoms with Crippen LogP contribution in [0.25, 0.3) is 0 Å². The number of non-ortho nitro benzene ring substituents is 1. The summed E-state index contributed by atoms with van der Waals surface area (Å²) in [6.45, 7) is 2.48. The highest BCUT2D eigenvalue weighted by atomic mass is 16.6. The molecular formula is C16H21NO6. The van der Waals surface area contributed by atoms with Gasteiger partial charge in [0.1, 0.15) is 6.61 Å². The number of nitro groups is 1. The van der Waals surface area contributed by atoms with Crippen LogP contribution in [0.4, 0.5) is 5.69 Å². The SMILES string of the molecule is CCCCOC(=O)CCCC(=O)OCc1ccc([N+](=O)[O-])cc1. The zero-order valence-corrected chi connectivity index (χ0v) is 13.2. The van der Waals surface area contributed by atoms with Crippen molar-refractivity contribution >= 4 is 17.6 Å². The fraction of sp³-hybridized carbons (Fsp3) is 0.500. The van der Waals surface area contributed by atoms with E-state index in [2.05, 4.69) is 0 Å². The standard InChI is InChI=1S/C16H21NO6/c1-2-3-11-22-15(18)5-4-6-16(19)23-12-13-7-9-14(10-8-13)17(20)21/h7-10H,2-6,11-12H2,1H3.